The lowest BCUT2D eigenvalue weighted by Gasteiger charge is -2.02. The van der Waals surface area contributed by atoms with Crippen LogP contribution in [0.2, 0.25) is 0 Å². The Labute approximate surface area is 61.4 Å². The molecule has 2 heteroatoms. The molecule has 0 aliphatic carbocycles. The zero-order valence-electron chi connectivity index (χ0n) is 6.77. The van der Waals surface area contributed by atoms with Crippen LogP contribution in [-0.4, -0.2) is 14.1 Å². The molecule has 0 spiro atoms. The van der Waals surface area contributed by atoms with Gasteiger partial charge in [-0.2, -0.15) is 0 Å². The van der Waals surface area contributed by atoms with Crippen LogP contribution in [0.25, 0.3) is 0 Å². The quantitative estimate of drug-likeness (QED) is 0.622. The third-order valence-electron chi connectivity index (χ3n) is 1.32. The van der Waals surface area contributed by atoms with Gasteiger partial charge >= 0.3 is 0 Å². The summed E-state index contributed by atoms with van der Waals surface area (Å²) >= 11 is 0. The van der Waals surface area contributed by atoms with Crippen molar-refractivity contribution in [3.63, 3.8) is 0 Å². The number of aryl methyl sites for hydroxylation is 1. The maximum atomic E-state index is 5.37. The minimum absolute atomic E-state index is 0.966. The first-order valence-corrected chi connectivity index (χ1v) is 3.53. The van der Waals surface area contributed by atoms with Crippen LogP contribution in [0.1, 0.15) is 11.5 Å². The molecule has 0 atom stereocenters. The van der Waals surface area contributed by atoms with Gasteiger partial charge < -0.3 is 9.32 Å². The van der Waals surface area contributed by atoms with E-state index < -0.39 is 0 Å². The van der Waals surface area contributed by atoms with Gasteiger partial charge in [-0.25, -0.2) is 0 Å². The molecule has 1 N–H and O–H groups in total. The first-order chi connectivity index (χ1) is 4.68. The Hall–Kier alpha value is -0.760. The van der Waals surface area contributed by atoms with Crippen molar-refractivity contribution >= 4 is 0 Å². The van der Waals surface area contributed by atoms with Gasteiger partial charge in [-0.3, -0.25) is 0 Å². The molecule has 2 nitrogen and oxygen atoms in total. The van der Waals surface area contributed by atoms with E-state index in [2.05, 4.69) is 14.1 Å². The average Bonchev–Trinajstić information content (AvgIpc) is 2.13. The zero-order chi connectivity index (χ0) is 7.56. The summed E-state index contributed by atoms with van der Waals surface area (Å²) in [7, 11) is 4.22. The molecule has 0 fully saturated rings. The molecule has 10 heavy (non-hydrogen) atoms. The van der Waals surface area contributed by atoms with E-state index in [-0.39, 0.29) is 0 Å². The lowest BCUT2D eigenvalue weighted by atomic mass is 10.4. The van der Waals surface area contributed by atoms with E-state index in [1.165, 1.54) is 4.90 Å². The summed E-state index contributed by atoms with van der Waals surface area (Å²) in [4.78, 5) is 1.38. The lowest BCUT2D eigenvalue weighted by molar-refractivity contribution is -0.873. The highest BCUT2D eigenvalue weighted by Gasteiger charge is 2.00. The topological polar surface area (TPSA) is 17.6 Å². The van der Waals surface area contributed by atoms with Gasteiger partial charge in [0.1, 0.15) is 12.3 Å². The molecule has 0 bridgehead atoms. The molecule has 1 aromatic rings. The normalized spacial score (nSPS) is 10.8. The smallest absolute Gasteiger partial charge is 0.158 e. The second kappa shape index (κ2) is 2.88. The lowest BCUT2D eigenvalue weighted by Crippen LogP contribution is -3.04. The molecule has 0 saturated heterocycles. The summed E-state index contributed by atoms with van der Waals surface area (Å²) in [6.45, 7) is 2.93. The summed E-state index contributed by atoms with van der Waals surface area (Å²) in [5.74, 6) is 2.06. The van der Waals surface area contributed by atoms with Crippen molar-refractivity contribution in [2.75, 3.05) is 14.1 Å². The molecule has 1 rings (SSSR count). The summed E-state index contributed by atoms with van der Waals surface area (Å²) < 4.78 is 5.37. The fourth-order valence-electron chi connectivity index (χ4n) is 0.929. The van der Waals surface area contributed by atoms with Crippen molar-refractivity contribution in [2.45, 2.75) is 13.5 Å². The second-order valence-electron chi connectivity index (χ2n) is 2.90. The van der Waals surface area contributed by atoms with Crippen LogP contribution in [0.3, 0.4) is 0 Å². The van der Waals surface area contributed by atoms with Crippen LogP contribution in [0.5, 0.6) is 0 Å². The predicted molar refractivity (Wildman–Crippen MR) is 40.0 cm³/mol. The highest BCUT2D eigenvalue weighted by atomic mass is 16.3. The third kappa shape index (κ3) is 1.88. The van der Waals surface area contributed by atoms with E-state index in [4.69, 9.17) is 4.42 Å². The van der Waals surface area contributed by atoms with E-state index in [0.29, 0.717) is 0 Å². The van der Waals surface area contributed by atoms with Gasteiger partial charge in [0.2, 0.25) is 0 Å². The van der Waals surface area contributed by atoms with Crippen LogP contribution in [-0.2, 0) is 6.54 Å². The van der Waals surface area contributed by atoms with Gasteiger partial charge in [0, 0.05) is 0 Å². The highest BCUT2D eigenvalue weighted by Crippen LogP contribution is 2.03. The Bertz CT molecular complexity index is 203. The molecular formula is C8H14NO+. The number of rotatable bonds is 2. The van der Waals surface area contributed by atoms with Gasteiger partial charge in [0.05, 0.1) is 14.1 Å². The van der Waals surface area contributed by atoms with Gasteiger partial charge in [-0.15, -0.1) is 0 Å². The molecule has 0 aliphatic rings. The summed E-state index contributed by atoms with van der Waals surface area (Å²) in [5.41, 5.74) is 0. The maximum Gasteiger partial charge on any atom is 0.158 e. The van der Waals surface area contributed by atoms with E-state index in [1.807, 2.05) is 19.1 Å². The Kier molecular flexibility index (Phi) is 2.12. The van der Waals surface area contributed by atoms with Crippen LogP contribution in [0, 0.1) is 6.92 Å². The molecule has 0 radical (unpaired) electrons. The van der Waals surface area contributed by atoms with Crippen molar-refractivity contribution in [3.05, 3.63) is 23.7 Å². The van der Waals surface area contributed by atoms with Gasteiger partial charge in [-0.05, 0) is 19.1 Å². The van der Waals surface area contributed by atoms with Crippen molar-refractivity contribution in [1.29, 1.82) is 0 Å². The summed E-state index contributed by atoms with van der Waals surface area (Å²) in [5, 5.41) is 0. The van der Waals surface area contributed by atoms with Crippen molar-refractivity contribution in [3.8, 4) is 0 Å². The Morgan fingerprint density at radius 1 is 1.40 bits per heavy atom. The first-order valence-electron chi connectivity index (χ1n) is 3.53. The van der Waals surface area contributed by atoms with Crippen molar-refractivity contribution in [2.24, 2.45) is 0 Å². The molecular weight excluding hydrogens is 126 g/mol. The predicted octanol–water partition coefficient (Wildman–Crippen LogP) is 0.233. The fraction of sp³-hybridized carbons (Fsp3) is 0.500. The SMILES string of the molecule is Cc1ccc(C[NH+](C)C)o1. The molecule has 0 amide bonds. The van der Waals surface area contributed by atoms with E-state index in [9.17, 15) is 0 Å². The van der Waals surface area contributed by atoms with Crippen LogP contribution >= 0.6 is 0 Å². The number of quaternary nitrogens is 1. The van der Waals surface area contributed by atoms with Gasteiger partial charge in [-0.1, -0.05) is 0 Å². The number of hydrogen-bond acceptors (Lipinski definition) is 1. The minimum Gasteiger partial charge on any atom is -0.460 e. The maximum absolute atomic E-state index is 5.37. The van der Waals surface area contributed by atoms with Gasteiger partial charge in [0.15, 0.2) is 5.76 Å². The summed E-state index contributed by atoms with van der Waals surface area (Å²) in [6, 6.07) is 4.03. The number of furan rings is 1. The minimum atomic E-state index is 0.966. The fourth-order valence-corrected chi connectivity index (χ4v) is 0.929. The molecule has 56 valence electrons. The summed E-state index contributed by atoms with van der Waals surface area (Å²) in [6.07, 6.45) is 0. The molecule has 1 aromatic heterocycles. The average molecular weight is 140 g/mol. The van der Waals surface area contributed by atoms with E-state index in [0.717, 1.165) is 18.1 Å². The molecule has 0 unspecified atom stereocenters. The molecule has 1 heterocycles. The zero-order valence-corrected chi connectivity index (χ0v) is 6.77. The molecule has 0 aliphatic heterocycles. The standard InChI is InChI=1S/C8H13NO/c1-7-4-5-8(10-7)6-9(2)3/h4-5H,6H2,1-3H3/p+1. The van der Waals surface area contributed by atoms with Crippen LogP contribution in [0.15, 0.2) is 16.5 Å². The van der Waals surface area contributed by atoms with E-state index >= 15 is 0 Å². The van der Waals surface area contributed by atoms with Crippen LogP contribution < -0.4 is 4.90 Å². The second-order valence-corrected chi connectivity index (χ2v) is 2.90. The monoisotopic (exact) mass is 140 g/mol. The Morgan fingerprint density at radius 3 is 2.50 bits per heavy atom. The van der Waals surface area contributed by atoms with Crippen molar-refractivity contribution in [1.82, 2.24) is 0 Å². The number of nitrogens with one attached hydrogen (secondary N) is 1. The van der Waals surface area contributed by atoms with E-state index in [1.54, 1.807) is 0 Å². The highest BCUT2D eigenvalue weighted by molar-refractivity contribution is 5.03. The number of hydrogen-bond donors (Lipinski definition) is 1. The molecule has 0 aromatic carbocycles. The largest absolute Gasteiger partial charge is 0.460 e. The third-order valence-corrected chi connectivity index (χ3v) is 1.32. The molecule has 0 saturated carbocycles. The van der Waals surface area contributed by atoms with Crippen molar-refractivity contribution < 1.29 is 9.32 Å². The Morgan fingerprint density at radius 2 is 2.10 bits per heavy atom. The van der Waals surface area contributed by atoms with Gasteiger partial charge in [0.25, 0.3) is 0 Å². The Balaban J connectivity index is 2.58. The first kappa shape index (κ1) is 7.35. The van der Waals surface area contributed by atoms with Crippen LogP contribution in [0.4, 0.5) is 0 Å².